The molecule has 2 N–H and O–H groups in total. The number of phenols is 1. The van der Waals surface area contributed by atoms with Gasteiger partial charge < -0.3 is 5.11 Å². The van der Waals surface area contributed by atoms with Crippen LogP contribution >= 0.6 is 22.9 Å². The van der Waals surface area contributed by atoms with Crippen LogP contribution in [0, 0.1) is 5.82 Å². The molecule has 1 aromatic heterocycles. The Morgan fingerprint density at radius 3 is 2.71 bits per heavy atom. The predicted octanol–water partition coefficient (Wildman–Crippen LogP) is 2.30. The van der Waals surface area contributed by atoms with Crippen molar-refractivity contribution in [1.29, 1.82) is 0 Å². The molecule has 112 valence electrons. The van der Waals surface area contributed by atoms with Crippen LogP contribution in [0.1, 0.15) is 10.4 Å². The van der Waals surface area contributed by atoms with Gasteiger partial charge in [0.15, 0.2) is 31.6 Å². The van der Waals surface area contributed by atoms with Crippen molar-refractivity contribution in [2.24, 2.45) is 0 Å². The highest BCUT2D eigenvalue weighted by Crippen LogP contribution is 2.29. The fraction of sp³-hybridized carbons (Fsp3) is 0.0909. The molecule has 0 spiro atoms. The first kappa shape index (κ1) is 15.7. The van der Waals surface area contributed by atoms with E-state index in [4.69, 9.17) is 11.6 Å². The van der Waals surface area contributed by atoms with Crippen molar-refractivity contribution in [3.05, 3.63) is 33.9 Å². The van der Waals surface area contributed by atoms with Crippen LogP contribution in [-0.4, -0.2) is 30.7 Å². The molecule has 21 heavy (non-hydrogen) atoms. The topological polar surface area (TPSA) is 96.4 Å². The fourth-order valence-electron chi connectivity index (χ4n) is 1.37. The number of hydrogen-bond acceptors (Lipinski definition) is 6. The molecule has 0 saturated heterocycles. The molecule has 6 nitrogen and oxygen atoms in total. The van der Waals surface area contributed by atoms with Gasteiger partial charge in [0.2, 0.25) is 0 Å². The van der Waals surface area contributed by atoms with Crippen molar-refractivity contribution >= 4 is 43.8 Å². The number of halogens is 2. The monoisotopic (exact) mass is 350 g/mol. The van der Waals surface area contributed by atoms with Gasteiger partial charge in [0.25, 0.3) is 5.91 Å². The van der Waals surface area contributed by atoms with Crippen molar-refractivity contribution in [2.45, 2.75) is 5.03 Å². The second-order valence-corrected chi connectivity index (χ2v) is 7.20. The van der Waals surface area contributed by atoms with Gasteiger partial charge in [0.05, 0.1) is 10.6 Å². The molecule has 0 aliphatic carbocycles. The van der Waals surface area contributed by atoms with Crippen molar-refractivity contribution in [2.75, 3.05) is 11.6 Å². The SMILES string of the molecule is CS(=O)(=O)c1csc(NC(=O)c2ccc(Cl)c(O)c2F)n1. The van der Waals surface area contributed by atoms with Crippen molar-refractivity contribution in [3.63, 3.8) is 0 Å². The van der Waals surface area contributed by atoms with Crippen LogP contribution in [-0.2, 0) is 9.84 Å². The molecule has 0 fully saturated rings. The summed E-state index contributed by atoms with van der Waals surface area (Å²) in [5.41, 5.74) is -0.437. The number of aromatic nitrogens is 1. The number of anilines is 1. The number of nitrogens with zero attached hydrogens (tertiary/aromatic N) is 1. The molecule has 0 radical (unpaired) electrons. The highest BCUT2D eigenvalue weighted by atomic mass is 35.5. The lowest BCUT2D eigenvalue weighted by Crippen LogP contribution is -2.14. The Kier molecular flexibility index (Phi) is 4.17. The summed E-state index contributed by atoms with van der Waals surface area (Å²) in [6.07, 6.45) is 0.977. The Hall–Kier alpha value is -1.71. The summed E-state index contributed by atoms with van der Waals surface area (Å²) in [6, 6.07) is 2.26. The van der Waals surface area contributed by atoms with E-state index < -0.39 is 32.9 Å². The molecule has 0 saturated carbocycles. The maximum absolute atomic E-state index is 13.7. The lowest BCUT2D eigenvalue weighted by Gasteiger charge is -2.05. The number of sulfone groups is 1. The van der Waals surface area contributed by atoms with E-state index >= 15 is 0 Å². The van der Waals surface area contributed by atoms with Gasteiger partial charge in [-0.05, 0) is 12.1 Å². The van der Waals surface area contributed by atoms with Gasteiger partial charge >= 0.3 is 0 Å². The number of thiazole rings is 1. The van der Waals surface area contributed by atoms with Crippen LogP contribution in [0.3, 0.4) is 0 Å². The number of benzene rings is 1. The normalized spacial score (nSPS) is 11.4. The van der Waals surface area contributed by atoms with E-state index in [0.717, 1.165) is 23.7 Å². The van der Waals surface area contributed by atoms with Crippen molar-refractivity contribution in [3.8, 4) is 5.75 Å². The fourth-order valence-corrected chi connectivity index (χ4v) is 3.24. The average Bonchev–Trinajstić information content (AvgIpc) is 2.84. The zero-order valence-electron chi connectivity index (χ0n) is 10.4. The molecule has 1 aromatic carbocycles. The van der Waals surface area contributed by atoms with E-state index in [0.29, 0.717) is 0 Å². The smallest absolute Gasteiger partial charge is 0.260 e. The minimum absolute atomic E-state index is 0.00531. The maximum Gasteiger partial charge on any atom is 0.260 e. The second kappa shape index (κ2) is 5.58. The minimum atomic E-state index is -3.49. The van der Waals surface area contributed by atoms with Gasteiger partial charge in [0.1, 0.15) is 0 Å². The molecule has 0 atom stereocenters. The van der Waals surface area contributed by atoms with Gasteiger partial charge in [-0.1, -0.05) is 11.6 Å². The Morgan fingerprint density at radius 2 is 2.14 bits per heavy atom. The molecule has 0 aliphatic heterocycles. The highest BCUT2D eigenvalue weighted by molar-refractivity contribution is 7.90. The number of carbonyl (C=O) groups excluding carboxylic acids is 1. The molecular formula is C11H8ClFN2O4S2. The van der Waals surface area contributed by atoms with Gasteiger partial charge in [-0.25, -0.2) is 17.8 Å². The van der Waals surface area contributed by atoms with E-state index in [1.165, 1.54) is 11.4 Å². The Labute approximate surface area is 128 Å². The van der Waals surface area contributed by atoms with E-state index in [-0.39, 0.29) is 15.2 Å². The third kappa shape index (κ3) is 3.31. The summed E-state index contributed by atoms with van der Waals surface area (Å²) < 4.78 is 36.2. The second-order valence-electron chi connectivity index (χ2n) is 3.97. The van der Waals surface area contributed by atoms with E-state index in [9.17, 15) is 22.7 Å². The third-order valence-electron chi connectivity index (χ3n) is 2.40. The molecule has 0 aliphatic rings. The Morgan fingerprint density at radius 1 is 1.48 bits per heavy atom. The summed E-state index contributed by atoms with van der Waals surface area (Å²) >= 11 is 6.39. The first-order valence-electron chi connectivity index (χ1n) is 5.34. The number of nitrogens with one attached hydrogen (secondary N) is 1. The minimum Gasteiger partial charge on any atom is -0.504 e. The zero-order valence-corrected chi connectivity index (χ0v) is 12.8. The number of amides is 1. The summed E-state index contributed by atoms with van der Waals surface area (Å²) in [4.78, 5) is 15.6. The summed E-state index contributed by atoms with van der Waals surface area (Å²) in [7, 11) is -3.49. The maximum atomic E-state index is 13.7. The Bertz CT molecular complexity index is 820. The van der Waals surface area contributed by atoms with Crippen LogP contribution in [0.2, 0.25) is 5.02 Å². The molecule has 2 aromatic rings. The molecule has 10 heteroatoms. The van der Waals surface area contributed by atoms with Gasteiger partial charge in [0, 0.05) is 11.6 Å². The van der Waals surface area contributed by atoms with Crippen molar-refractivity contribution < 1.29 is 22.7 Å². The standard InChI is InChI=1S/C11H8ClFN2O4S2/c1-21(18,19)7-4-20-11(14-7)15-10(17)5-2-3-6(12)9(16)8(5)13/h2-4,16H,1H3,(H,14,15,17). The number of aromatic hydroxyl groups is 1. The van der Waals surface area contributed by atoms with E-state index in [1.807, 2.05) is 0 Å². The lowest BCUT2D eigenvalue weighted by atomic mass is 10.2. The molecule has 0 unspecified atom stereocenters. The number of carbonyl (C=O) groups is 1. The quantitative estimate of drug-likeness (QED) is 0.885. The van der Waals surface area contributed by atoms with Gasteiger partial charge in [-0.2, -0.15) is 0 Å². The summed E-state index contributed by atoms with van der Waals surface area (Å²) in [5, 5.41) is 12.4. The summed E-state index contributed by atoms with van der Waals surface area (Å²) in [6.45, 7) is 0. The summed E-state index contributed by atoms with van der Waals surface area (Å²) in [5.74, 6) is -2.88. The lowest BCUT2D eigenvalue weighted by molar-refractivity contribution is 0.102. The molecule has 2 rings (SSSR count). The van der Waals surface area contributed by atoms with Crippen molar-refractivity contribution in [1.82, 2.24) is 4.98 Å². The number of hydrogen-bond donors (Lipinski definition) is 2. The highest BCUT2D eigenvalue weighted by Gasteiger charge is 2.19. The molecule has 1 heterocycles. The predicted molar refractivity (Wildman–Crippen MR) is 76.3 cm³/mol. The van der Waals surface area contributed by atoms with Crippen LogP contribution in [0.5, 0.6) is 5.75 Å². The van der Waals surface area contributed by atoms with Gasteiger partial charge in [-0.3, -0.25) is 10.1 Å². The Balaban J connectivity index is 2.27. The zero-order chi connectivity index (χ0) is 15.8. The largest absolute Gasteiger partial charge is 0.504 e. The van der Waals surface area contributed by atoms with Crippen LogP contribution < -0.4 is 5.32 Å². The third-order valence-corrected chi connectivity index (χ3v) is 4.58. The van der Waals surface area contributed by atoms with E-state index in [1.54, 1.807) is 0 Å². The van der Waals surface area contributed by atoms with Gasteiger partial charge in [-0.15, -0.1) is 11.3 Å². The first-order valence-corrected chi connectivity index (χ1v) is 8.49. The first-order chi connectivity index (χ1) is 9.70. The van der Waals surface area contributed by atoms with E-state index in [2.05, 4.69) is 10.3 Å². The van der Waals surface area contributed by atoms with Crippen LogP contribution in [0.15, 0.2) is 22.5 Å². The molecule has 0 bridgehead atoms. The number of phenolic OH excluding ortho intramolecular Hbond substituents is 1. The average molecular weight is 351 g/mol. The van der Waals surface area contributed by atoms with Crippen LogP contribution in [0.4, 0.5) is 9.52 Å². The number of rotatable bonds is 3. The molecular weight excluding hydrogens is 343 g/mol. The van der Waals surface area contributed by atoms with Crippen LogP contribution in [0.25, 0.3) is 0 Å². The molecule has 1 amide bonds.